The Morgan fingerprint density at radius 2 is 2.05 bits per heavy atom. The maximum Gasteiger partial charge on any atom is 0.338 e. The molecule has 9 nitrogen and oxygen atoms in total. The van der Waals surface area contributed by atoms with Crippen LogP contribution in [0.15, 0.2) is 12.1 Å². The highest BCUT2D eigenvalue weighted by Crippen LogP contribution is 2.38. The highest BCUT2D eigenvalue weighted by atomic mass is 16.6. The van der Waals surface area contributed by atoms with Gasteiger partial charge < -0.3 is 19.9 Å². The van der Waals surface area contributed by atoms with Crippen LogP contribution in [0.1, 0.15) is 10.4 Å². The van der Waals surface area contributed by atoms with E-state index in [0.717, 1.165) is 6.07 Å². The summed E-state index contributed by atoms with van der Waals surface area (Å²) in [4.78, 5) is 21.9. The van der Waals surface area contributed by atoms with E-state index in [1.54, 1.807) is 0 Å². The maximum atomic E-state index is 11.7. The van der Waals surface area contributed by atoms with Crippen LogP contribution in [0.5, 0.6) is 11.5 Å². The molecule has 0 fully saturated rings. The number of methoxy groups -OCH3 is 2. The molecule has 0 aromatic heterocycles. The Balaban J connectivity index is 3.21. The molecule has 1 rings (SSSR count). The molecule has 0 bridgehead atoms. The van der Waals surface area contributed by atoms with Crippen molar-refractivity contribution in [1.82, 2.24) is 0 Å². The molecule has 0 saturated carbocycles. The lowest BCUT2D eigenvalue weighted by Gasteiger charge is -2.10. The molecule has 20 heavy (non-hydrogen) atoms. The van der Waals surface area contributed by atoms with Crippen molar-refractivity contribution in [3.63, 3.8) is 0 Å². The average Bonchev–Trinajstić information content (AvgIpc) is 2.42. The van der Waals surface area contributed by atoms with Crippen LogP contribution >= 0.6 is 0 Å². The molecule has 0 saturated heterocycles. The number of benzene rings is 1. The predicted molar refractivity (Wildman–Crippen MR) is 68.4 cm³/mol. The van der Waals surface area contributed by atoms with Crippen LogP contribution in [0.25, 0.3) is 0 Å². The standard InChI is InChI=1S/C11H13N3O6/c1-18-8-4-6(11(15)20-5-9(12)13)3-7(14(16)17)10(8)19-2/h3-4H,5H2,1-2H3,(H3,12,13). The van der Waals surface area contributed by atoms with Gasteiger partial charge in [-0.25, -0.2) is 4.79 Å². The first-order valence-electron chi connectivity index (χ1n) is 5.31. The molecule has 9 heteroatoms. The Morgan fingerprint density at radius 1 is 1.40 bits per heavy atom. The van der Waals surface area contributed by atoms with Crippen molar-refractivity contribution in [2.45, 2.75) is 0 Å². The molecule has 1 aromatic rings. The fourth-order valence-corrected chi connectivity index (χ4v) is 1.42. The van der Waals surface area contributed by atoms with Crippen molar-refractivity contribution in [2.24, 2.45) is 5.73 Å². The normalized spacial score (nSPS) is 9.70. The number of rotatable bonds is 6. The summed E-state index contributed by atoms with van der Waals surface area (Å²) in [5.41, 5.74) is 4.52. The second-order valence-electron chi connectivity index (χ2n) is 3.59. The van der Waals surface area contributed by atoms with E-state index in [2.05, 4.69) is 4.74 Å². The van der Waals surface area contributed by atoms with E-state index in [1.165, 1.54) is 20.3 Å². The molecule has 108 valence electrons. The first-order chi connectivity index (χ1) is 9.40. The summed E-state index contributed by atoms with van der Waals surface area (Å²) in [5.74, 6) is -1.27. The number of ether oxygens (including phenoxy) is 3. The summed E-state index contributed by atoms with van der Waals surface area (Å²) >= 11 is 0. The number of nitro groups is 1. The van der Waals surface area contributed by atoms with Gasteiger partial charge in [-0.3, -0.25) is 15.5 Å². The molecule has 0 unspecified atom stereocenters. The Morgan fingerprint density at radius 3 is 2.50 bits per heavy atom. The van der Waals surface area contributed by atoms with Crippen LogP contribution in [0.2, 0.25) is 0 Å². The van der Waals surface area contributed by atoms with Crippen LogP contribution in [-0.4, -0.2) is 37.6 Å². The van der Waals surface area contributed by atoms with Crippen molar-refractivity contribution >= 4 is 17.5 Å². The molecule has 0 aliphatic rings. The van der Waals surface area contributed by atoms with Gasteiger partial charge in [0.1, 0.15) is 12.4 Å². The van der Waals surface area contributed by atoms with Crippen molar-refractivity contribution in [2.75, 3.05) is 20.8 Å². The molecular weight excluding hydrogens is 270 g/mol. The third kappa shape index (κ3) is 3.34. The van der Waals surface area contributed by atoms with Gasteiger partial charge in [0.05, 0.1) is 24.7 Å². The van der Waals surface area contributed by atoms with Crippen LogP contribution < -0.4 is 15.2 Å². The number of carbonyl (C=O) groups excluding carboxylic acids is 1. The Kier molecular flexibility index (Phi) is 4.84. The number of esters is 1. The summed E-state index contributed by atoms with van der Waals surface area (Å²) in [5, 5.41) is 17.9. The monoisotopic (exact) mass is 283 g/mol. The van der Waals surface area contributed by atoms with Crippen molar-refractivity contribution in [3.8, 4) is 11.5 Å². The molecular formula is C11H13N3O6. The molecule has 3 N–H and O–H groups in total. The highest BCUT2D eigenvalue weighted by molar-refractivity contribution is 5.93. The minimum atomic E-state index is -0.857. The minimum absolute atomic E-state index is 0.0245. The number of nitrogens with one attached hydrogen (secondary N) is 1. The van der Waals surface area contributed by atoms with E-state index in [1.807, 2.05) is 0 Å². The number of amidine groups is 1. The SMILES string of the molecule is COc1cc(C(=O)OCC(=N)N)cc([N+](=O)[O-])c1OC. The predicted octanol–water partition coefficient (Wildman–Crippen LogP) is 0.705. The molecule has 1 aromatic carbocycles. The van der Waals surface area contributed by atoms with E-state index in [-0.39, 0.29) is 22.9 Å². The summed E-state index contributed by atoms with van der Waals surface area (Å²) in [6, 6.07) is 2.25. The van der Waals surface area contributed by atoms with Crippen molar-refractivity contribution in [3.05, 3.63) is 27.8 Å². The Labute approximate surface area is 113 Å². The fraction of sp³-hybridized carbons (Fsp3) is 0.273. The van der Waals surface area contributed by atoms with Gasteiger partial charge in [0, 0.05) is 6.07 Å². The zero-order valence-electron chi connectivity index (χ0n) is 10.8. The molecule has 0 amide bonds. The van der Waals surface area contributed by atoms with Gasteiger partial charge in [-0.1, -0.05) is 0 Å². The summed E-state index contributed by atoms with van der Waals surface area (Å²) in [6.07, 6.45) is 0. The Hall–Kier alpha value is -2.84. The zero-order chi connectivity index (χ0) is 15.3. The lowest BCUT2D eigenvalue weighted by molar-refractivity contribution is -0.385. The van der Waals surface area contributed by atoms with Crippen molar-refractivity contribution in [1.29, 1.82) is 5.41 Å². The third-order valence-electron chi connectivity index (χ3n) is 2.25. The maximum absolute atomic E-state index is 11.7. The number of hydrogen-bond donors (Lipinski definition) is 2. The number of nitrogens with two attached hydrogens (primary N) is 1. The van der Waals surface area contributed by atoms with Crippen LogP contribution in [-0.2, 0) is 4.74 Å². The van der Waals surface area contributed by atoms with Gasteiger partial charge in [-0.2, -0.15) is 0 Å². The lowest BCUT2D eigenvalue weighted by atomic mass is 10.1. The van der Waals surface area contributed by atoms with Crippen LogP contribution in [0, 0.1) is 15.5 Å². The average molecular weight is 283 g/mol. The number of nitro benzene ring substituents is 1. The fourth-order valence-electron chi connectivity index (χ4n) is 1.42. The van der Waals surface area contributed by atoms with E-state index >= 15 is 0 Å². The molecule has 0 aliphatic heterocycles. The van der Waals surface area contributed by atoms with E-state index in [9.17, 15) is 14.9 Å². The minimum Gasteiger partial charge on any atom is -0.493 e. The van der Waals surface area contributed by atoms with Gasteiger partial charge in [0.2, 0.25) is 5.75 Å². The first-order valence-corrected chi connectivity index (χ1v) is 5.31. The number of carbonyl (C=O) groups is 1. The van der Waals surface area contributed by atoms with E-state index in [4.69, 9.17) is 20.6 Å². The summed E-state index contributed by atoms with van der Waals surface area (Å²) in [6.45, 7) is -0.402. The number of nitrogens with zero attached hydrogens (tertiary/aromatic N) is 1. The smallest absolute Gasteiger partial charge is 0.338 e. The van der Waals surface area contributed by atoms with E-state index in [0.29, 0.717) is 0 Å². The molecule has 0 atom stereocenters. The third-order valence-corrected chi connectivity index (χ3v) is 2.25. The zero-order valence-corrected chi connectivity index (χ0v) is 10.8. The second kappa shape index (κ2) is 6.36. The lowest BCUT2D eigenvalue weighted by Crippen LogP contribution is -2.20. The largest absolute Gasteiger partial charge is 0.493 e. The first kappa shape index (κ1) is 15.2. The topological polar surface area (TPSA) is 138 Å². The number of hydrogen-bond acceptors (Lipinski definition) is 7. The summed E-state index contributed by atoms with van der Waals surface area (Å²) in [7, 11) is 2.53. The summed E-state index contributed by atoms with van der Waals surface area (Å²) < 4.78 is 14.5. The molecule has 0 heterocycles. The van der Waals surface area contributed by atoms with Crippen LogP contribution in [0.4, 0.5) is 5.69 Å². The van der Waals surface area contributed by atoms with Gasteiger partial charge in [-0.05, 0) is 6.07 Å². The van der Waals surface area contributed by atoms with Gasteiger partial charge in [0.25, 0.3) is 0 Å². The van der Waals surface area contributed by atoms with Crippen molar-refractivity contribution < 1.29 is 23.9 Å². The quantitative estimate of drug-likeness (QED) is 0.257. The van der Waals surface area contributed by atoms with Gasteiger partial charge >= 0.3 is 11.7 Å². The van der Waals surface area contributed by atoms with Gasteiger partial charge in [0.15, 0.2) is 5.75 Å². The molecule has 0 spiro atoms. The van der Waals surface area contributed by atoms with Gasteiger partial charge in [-0.15, -0.1) is 0 Å². The molecule has 0 aliphatic carbocycles. The molecule has 0 radical (unpaired) electrons. The van der Waals surface area contributed by atoms with Crippen LogP contribution in [0.3, 0.4) is 0 Å². The van der Waals surface area contributed by atoms with E-state index < -0.39 is 23.2 Å². The second-order valence-corrected chi connectivity index (χ2v) is 3.59. The Bertz CT molecular complexity index is 557. The highest BCUT2D eigenvalue weighted by Gasteiger charge is 2.24.